The predicted octanol–water partition coefficient (Wildman–Crippen LogP) is 6.40. The molecule has 0 unspecified atom stereocenters. The van der Waals surface area contributed by atoms with Gasteiger partial charge in [-0.05, 0) is 62.2 Å². The topological polar surface area (TPSA) is 67.2 Å². The molecule has 1 N–H and O–H groups in total. The first kappa shape index (κ1) is 26.5. The average Bonchev–Trinajstić information content (AvgIpc) is 3.16. The van der Waals surface area contributed by atoms with Crippen molar-refractivity contribution in [1.82, 2.24) is 14.7 Å². The molecule has 0 atom stereocenters. The van der Waals surface area contributed by atoms with Crippen molar-refractivity contribution in [3.63, 3.8) is 0 Å². The monoisotopic (exact) mass is 512 g/mol. The van der Waals surface area contributed by atoms with Crippen molar-refractivity contribution in [2.24, 2.45) is 0 Å². The second kappa shape index (κ2) is 12.0. The number of carbonyl (C=O) groups excluding carboxylic acids is 2. The van der Waals surface area contributed by atoms with Gasteiger partial charge in [-0.3, -0.25) is 14.3 Å². The summed E-state index contributed by atoms with van der Waals surface area (Å²) in [4.78, 5) is 27.3. The summed E-state index contributed by atoms with van der Waals surface area (Å²) in [6.07, 6.45) is 2.70. The average molecular weight is 513 g/mol. The molecule has 4 rings (SSSR count). The maximum absolute atomic E-state index is 12.8. The van der Waals surface area contributed by atoms with Crippen LogP contribution >= 0.6 is 23.2 Å². The van der Waals surface area contributed by atoms with Crippen LogP contribution in [0.4, 0.5) is 5.69 Å². The first-order chi connectivity index (χ1) is 16.8. The molecule has 1 aromatic heterocycles. The van der Waals surface area contributed by atoms with E-state index >= 15 is 0 Å². The zero-order chi connectivity index (χ0) is 25.5. The third kappa shape index (κ3) is 6.74. The maximum Gasteiger partial charge on any atom is 0.255 e. The Hall–Kier alpha value is -3.09. The Labute approximate surface area is 216 Å². The summed E-state index contributed by atoms with van der Waals surface area (Å²) in [6, 6.07) is 14.2. The Morgan fingerprint density at radius 2 is 1.77 bits per heavy atom. The Kier molecular flexibility index (Phi) is 9.13. The summed E-state index contributed by atoms with van der Waals surface area (Å²) in [5.74, 6) is -0.235. The van der Waals surface area contributed by atoms with E-state index in [-0.39, 0.29) is 18.4 Å². The van der Waals surface area contributed by atoms with Crippen LogP contribution in [0.1, 0.15) is 47.6 Å². The lowest BCUT2D eigenvalue weighted by molar-refractivity contribution is -0.131. The van der Waals surface area contributed by atoms with Crippen LogP contribution in [-0.4, -0.2) is 39.6 Å². The van der Waals surface area contributed by atoms with E-state index in [1.165, 1.54) is 0 Å². The number of amides is 2. The SMILES string of the molecule is CC.Cc1cc(C)n(CC(=O)N2CC=C(c3ccc(Cl)cc3NC(=O)c3cccc(Cl)c3)CC2)n1. The lowest BCUT2D eigenvalue weighted by Crippen LogP contribution is -2.37. The molecule has 184 valence electrons. The van der Waals surface area contributed by atoms with Crippen molar-refractivity contribution in [3.05, 3.63) is 87.2 Å². The van der Waals surface area contributed by atoms with Gasteiger partial charge in [-0.25, -0.2) is 0 Å². The Morgan fingerprint density at radius 3 is 2.40 bits per heavy atom. The molecule has 0 spiro atoms. The Morgan fingerprint density at radius 1 is 1.03 bits per heavy atom. The van der Waals surface area contributed by atoms with Crippen LogP contribution in [0, 0.1) is 13.8 Å². The van der Waals surface area contributed by atoms with Crippen molar-refractivity contribution in [1.29, 1.82) is 0 Å². The number of halogens is 2. The van der Waals surface area contributed by atoms with Gasteiger partial charge in [-0.2, -0.15) is 5.10 Å². The van der Waals surface area contributed by atoms with Gasteiger partial charge in [0.2, 0.25) is 5.91 Å². The highest BCUT2D eigenvalue weighted by atomic mass is 35.5. The third-order valence-electron chi connectivity index (χ3n) is 5.61. The fourth-order valence-electron chi connectivity index (χ4n) is 3.93. The summed E-state index contributed by atoms with van der Waals surface area (Å²) in [5.41, 5.74) is 4.91. The van der Waals surface area contributed by atoms with E-state index < -0.39 is 0 Å². The zero-order valence-corrected chi connectivity index (χ0v) is 22.0. The highest BCUT2D eigenvalue weighted by Crippen LogP contribution is 2.31. The smallest absolute Gasteiger partial charge is 0.255 e. The Bertz CT molecular complexity index is 1250. The van der Waals surface area contributed by atoms with Gasteiger partial charge in [0.25, 0.3) is 5.91 Å². The lowest BCUT2D eigenvalue weighted by Gasteiger charge is -2.27. The minimum atomic E-state index is -0.265. The molecule has 0 radical (unpaired) electrons. The van der Waals surface area contributed by atoms with E-state index in [0.717, 1.165) is 22.5 Å². The van der Waals surface area contributed by atoms with Crippen molar-refractivity contribution in [3.8, 4) is 0 Å². The van der Waals surface area contributed by atoms with Gasteiger partial charge >= 0.3 is 0 Å². The number of anilines is 1. The van der Waals surface area contributed by atoms with E-state index in [1.807, 2.05) is 50.8 Å². The van der Waals surface area contributed by atoms with E-state index in [4.69, 9.17) is 23.2 Å². The molecule has 0 saturated carbocycles. The van der Waals surface area contributed by atoms with Gasteiger partial charge < -0.3 is 10.2 Å². The molecular weight excluding hydrogens is 483 g/mol. The number of benzene rings is 2. The van der Waals surface area contributed by atoms with Crippen LogP contribution in [0.5, 0.6) is 0 Å². The molecule has 2 aromatic carbocycles. The first-order valence-electron chi connectivity index (χ1n) is 11.6. The zero-order valence-electron chi connectivity index (χ0n) is 20.4. The van der Waals surface area contributed by atoms with Crippen molar-refractivity contribution in [2.75, 3.05) is 18.4 Å². The Balaban J connectivity index is 0.00000167. The van der Waals surface area contributed by atoms with E-state index in [0.29, 0.717) is 40.8 Å². The lowest BCUT2D eigenvalue weighted by atomic mass is 9.97. The van der Waals surface area contributed by atoms with Crippen LogP contribution in [-0.2, 0) is 11.3 Å². The standard InChI is InChI=1S/C25H24Cl2N4O2.C2H6/c1-16-12-17(2)31(29-16)15-24(32)30-10-8-18(9-11-30)22-7-6-21(27)14-23(22)28-25(33)19-4-3-5-20(26)13-19;1-2/h3-8,12-14H,9-11,15H2,1-2H3,(H,28,33);1-2H3. The maximum atomic E-state index is 12.8. The molecule has 6 nitrogen and oxygen atoms in total. The highest BCUT2D eigenvalue weighted by Gasteiger charge is 2.21. The summed E-state index contributed by atoms with van der Waals surface area (Å²) in [7, 11) is 0. The fraction of sp³-hybridized carbons (Fsp3) is 0.296. The number of rotatable bonds is 5. The van der Waals surface area contributed by atoms with Gasteiger partial charge in [0.1, 0.15) is 6.54 Å². The van der Waals surface area contributed by atoms with Crippen molar-refractivity contribution in [2.45, 2.75) is 40.7 Å². The summed E-state index contributed by atoms with van der Waals surface area (Å²) in [5, 5.41) is 8.35. The largest absolute Gasteiger partial charge is 0.337 e. The minimum absolute atomic E-state index is 0.0297. The molecule has 0 saturated heterocycles. The summed E-state index contributed by atoms with van der Waals surface area (Å²) < 4.78 is 1.74. The van der Waals surface area contributed by atoms with Gasteiger partial charge in [0.15, 0.2) is 0 Å². The van der Waals surface area contributed by atoms with Crippen molar-refractivity contribution >= 4 is 46.3 Å². The minimum Gasteiger partial charge on any atom is -0.337 e. The molecule has 0 fully saturated rings. The molecule has 0 aliphatic carbocycles. The van der Waals surface area contributed by atoms with Crippen molar-refractivity contribution < 1.29 is 9.59 Å². The predicted molar refractivity (Wildman–Crippen MR) is 143 cm³/mol. The summed E-state index contributed by atoms with van der Waals surface area (Å²) >= 11 is 12.2. The summed E-state index contributed by atoms with van der Waals surface area (Å²) in [6.45, 7) is 9.18. The third-order valence-corrected chi connectivity index (χ3v) is 6.08. The molecule has 2 amide bonds. The number of nitrogens with zero attached hydrogens (tertiary/aromatic N) is 3. The van der Waals surface area contributed by atoms with E-state index in [1.54, 1.807) is 41.1 Å². The van der Waals surface area contributed by atoms with Gasteiger partial charge in [-0.1, -0.05) is 55.3 Å². The normalized spacial score (nSPS) is 13.0. The van der Waals surface area contributed by atoms with E-state index in [9.17, 15) is 9.59 Å². The first-order valence-corrected chi connectivity index (χ1v) is 12.4. The van der Waals surface area contributed by atoms with Gasteiger partial charge in [0, 0.05) is 40.0 Å². The number of hydrogen-bond acceptors (Lipinski definition) is 3. The molecule has 35 heavy (non-hydrogen) atoms. The number of hydrogen-bond donors (Lipinski definition) is 1. The van der Waals surface area contributed by atoms with Crippen LogP contribution < -0.4 is 5.32 Å². The quantitative estimate of drug-likeness (QED) is 0.429. The molecular formula is C27H30Cl2N4O2. The fourth-order valence-corrected chi connectivity index (χ4v) is 4.29. The molecule has 3 aromatic rings. The van der Waals surface area contributed by atoms with Gasteiger partial charge in [0.05, 0.1) is 11.4 Å². The van der Waals surface area contributed by atoms with Crippen LogP contribution in [0.15, 0.2) is 54.6 Å². The molecule has 0 bridgehead atoms. The number of carbonyl (C=O) groups is 2. The van der Waals surface area contributed by atoms with Crippen LogP contribution in [0.2, 0.25) is 10.0 Å². The second-order valence-electron chi connectivity index (χ2n) is 8.06. The molecule has 1 aliphatic rings. The van der Waals surface area contributed by atoms with Crippen LogP contribution in [0.25, 0.3) is 5.57 Å². The molecule has 1 aliphatic heterocycles. The molecule has 8 heteroatoms. The van der Waals surface area contributed by atoms with Gasteiger partial charge in [-0.15, -0.1) is 0 Å². The van der Waals surface area contributed by atoms with E-state index in [2.05, 4.69) is 10.4 Å². The highest BCUT2D eigenvalue weighted by molar-refractivity contribution is 6.31. The number of aromatic nitrogens is 2. The second-order valence-corrected chi connectivity index (χ2v) is 8.93. The van der Waals surface area contributed by atoms with Crippen LogP contribution in [0.3, 0.4) is 0 Å². The molecule has 2 heterocycles. The number of nitrogens with one attached hydrogen (secondary N) is 1. The number of aryl methyl sites for hydroxylation is 2.